The van der Waals surface area contributed by atoms with Crippen molar-refractivity contribution in [3.8, 4) is 11.8 Å². The van der Waals surface area contributed by atoms with Gasteiger partial charge >= 0.3 is 6.01 Å². The molecule has 0 unspecified atom stereocenters. The van der Waals surface area contributed by atoms with Crippen LogP contribution in [0.2, 0.25) is 0 Å². The minimum atomic E-state index is 0.363. The largest absolute Gasteiger partial charge is 0.425 e. The number of ether oxygens (including phenoxy) is 1. The molecule has 0 aliphatic carbocycles. The monoisotopic (exact) mass is 189 g/mol. The fourth-order valence-electron chi connectivity index (χ4n) is 1.13. The van der Waals surface area contributed by atoms with Crippen LogP contribution in [0.4, 0.5) is 0 Å². The zero-order chi connectivity index (χ0) is 9.80. The molecule has 4 nitrogen and oxygen atoms in total. The average molecular weight is 189 g/mol. The summed E-state index contributed by atoms with van der Waals surface area (Å²) in [7, 11) is 0. The van der Waals surface area contributed by atoms with E-state index in [0.29, 0.717) is 12.7 Å². The SMILES string of the molecule is NCn1ccnc1Oc1ccccc1. The van der Waals surface area contributed by atoms with Gasteiger partial charge in [-0.15, -0.1) is 0 Å². The highest BCUT2D eigenvalue weighted by Gasteiger charge is 2.02. The topological polar surface area (TPSA) is 53.1 Å². The minimum Gasteiger partial charge on any atom is -0.425 e. The molecule has 14 heavy (non-hydrogen) atoms. The summed E-state index contributed by atoms with van der Waals surface area (Å²) in [5.41, 5.74) is 5.49. The van der Waals surface area contributed by atoms with Gasteiger partial charge in [-0.3, -0.25) is 4.57 Å². The zero-order valence-corrected chi connectivity index (χ0v) is 7.63. The van der Waals surface area contributed by atoms with Crippen molar-refractivity contribution in [2.24, 2.45) is 5.73 Å². The van der Waals surface area contributed by atoms with E-state index in [9.17, 15) is 0 Å². The van der Waals surface area contributed by atoms with Crippen LogP contribution in [0.25, 0.3) is 0 Å². The number of benzene rings is 1. The molecule has 0 aliphatic heterocycles. The highest BCUT2D eigenvalue weighted by atomic mass is 16.5. The Hall–Kier alpha value is -1.81. The minimum absolute atomic E-state index is 0.363. The molecule has 0 spiro atoms. The molecule has 0 atom stereocenters. The number of aromatic nitrogens is 2. The third-order valence-electron chi connectivity index (χ3n) is 1.83. The Balaban J connectivity index is 2.19. The maximum atomic E-state index is 5.51. The van der Waals surface area contributed by atoms with Gasteiger partial charge in [0.15, 0.2) is 0 Å². The first-order chi connectivity index (χ1) is 6.90. The van der Waals surface area contributed by atoms with Crippen LogP contribution in [0, 0.1) is 0 Å². The summed E-state index contributed by atoms with van der Waals surface area (Å²) in [4.78, 5) is 4.04. The van der Waals surface area contributed by atoms with E-state index in [2.05, 4.69) is 4.98 Å². The van der Waals surface area contributed by atoms with Gasteiger partial charge in [-0.2, -0.15) is 0 Å². The molecule has 0 saturated carbocycles. The lowest BCUT2D eigenvalue weighted by Crippen LogP contribution is -2.07. The van der Waals surface area contributed by atoms with Crippen molar-refractivity contribution in [1.82, 2.24) is 9.55 Å². The van der Waals surface area contributed by atoms with Crippen LogP contribution in [0.1, 0.15) is 0 Å². The van der Waals surface area contributed by atoms with Gasteiger partial charge in [0.1, 0.15) is 5.75 Å². The van der Waals surface area contributed by atoms with Crippen LogP contribution in [-0.4, -0.2) is 9.55 Å². The average Bonchev–Trinajstić information content (AvgIpc) is 2.67. The molecule has 2 aromatic rings. The van der Waals surface area contributed by atoms with Crippen molar-refractivity contribution in [3.63, 3.8) is 0 Å². The first-order valence-corrected chi connectivity index (χ1v) is 4.34. The lowest BCUT2D eigenvalue weighted by atomic mass is 10.3. The number of hydrogen-bond donors (Lipinski definition) is 1. The van der Waals surface area contributed by atoms with E-state index in [4.69, 9.17) is 10.5 Å². The van der Waals surface area contributed by atoms with Gasteiger partial charge in [0, 0.05) is 12.4 Å². The summed E-state index contributed by atoms with van der Waals surface area (Å²) in [5.74, 6) is 0.758. The van der Waals surface area contributed by atoms with Gasteiger partial charge in [0.05, 0.1) is 6.67 Å². The van der Waals surface area contributed by atoms with Crippen LogP contribution in [0.15, 0.2) is 42.7 Å². The molecule has 1 heterocycles. The predicted molar refractivity (Wildman–Crippen MR) is 52.9 cm³/mol. The zero-order valence-electron chi connectivity index (χ0n) is 7.63. The number of rotatable bonds is 3. The Kier molecular flexibility index (Phi) is 2.46. The third-order valence-corrected chi connectivity index (χ3v) is 1.83. The summed E-state index contributed by atoms with van der Waals surface area (Å²) < 4.78 is 7.24. The van der Waals surface area contributed by atoms with E-state index in [-0.39, 0.29) is 0 Å². The van der Waals surface area contributed by atoms with Gasteiger partial charge in [-0.25, -0.2) is 4.98 Å². The van der Waals surface area contributed by atoms with Crippen LogP contribution in [-0.2, 0) is 6.67 Å². The lowest BCUT2D eigenvalue weighted by molar-refractivity contribution is 0.413. The summed E-state index contributed by atoms with van der Waals surface area (Å²) in [6.07, 6.45) is 3.43. The van der Waals surface area contributed by atoms with Crippen LogP contribution in [0.5, 0.6) is 11.8 Å². The Morgan fingerprint density at radius 3 is 2.79 bits per heavy atom. The first-order valence-electron chi connectivity index (χ1n) is 4.34. The lowest BCUT2D eigenvalue weighted by Gasteiger charge is -2.05. The Morgan fingerprint density at radius 1 is 1.29 bits per heavy atom. The van der Waals surface area contributed by atoms with Crippen LogP contribution >= 0.6 is 0 Å². The Morgan fingerprint density at radius 2 is 2.07 bits per heavy atom. The molecule has 2 rings (SSSR count). The third kappa shape index (κ3) is 1.75. The van der Waals surface area contributed by atoms with E-state index >= 15 is 0 Å². The van der Waals surface area contributed by atoms with E-state index in [1.54, 1.807) is 17.0 Å². The summed E-state index contributed by atoms with van der Waals surface area (Å²) in [6.45, 7) is 0.363. The second-order valence-electron chi connectivity index (χ2n) is 2.78. The Labute approximate surface area is 81.9 Å². The second kappa shape index (κ2) is 3.93. The highest BCUT2D eigenvalue weighted by Crippen LogP contribution is 2.17. The number of hydrogen-bond acceptors (Lipinski definition) is 3. The molecule has 0 aliphatic rings. The van der Waals surface area contributed by atoms with Crippen molar-refractivity contribution in [1.29, 1.82) is 0 Å². The number of nitrogens with two attached hydrogens (primary N) is 1. The fraction of sp³-hybridized carbons (Fsp3) is 0.100. The molecule has 0 fully saturated rings. The van der Waals surface area contributed by atoms with Gasteiger partial charge < -0.3 is 10.5 Å². The molecule has 72 valence electrons. The van der Waals surface area contributed by atoms with Crippen molar-refractivity contribution >= 4 is 0 Å². The molecule has 2 N–H and O–H groups in total. The molecule has 0 bridgehead atoms. The molecule has 1 aromatic carbocycles. The summed E-state index contributed by atoms with van der Waals surface area (Å²) in [5, 5.41) is 0. The highest BCUT2D eigenvalue weighted by molar-refractivity contribution is 5.24. The van der Waals surface area contributed by atoms with Crippen molar-refractivity contribution < 1.29 is 4.74 Å². The molecule has 0 amide bonds. The molecule has 0 radical (unpaired) electrons. The smallest absolute Gasteiger partial charge is 0.302 e. The van der Waals surface area contributed by atoms with E-state index < -0.39 is 0 Å². The van der Waals surface area contributed by atoms with Crippen molar-refractivity contribution in [2.45, 2.75) is 6.67 Å². The standard InChI is InChI=1S/C10H11N3O/c11-8-13-7-6-12-10(13)14-9-4-2-1-3-5-9/h1-7H,8,11H2. The second-order valence-corrected chi connectivity index (χ2v) is 2.78. The van der Waals surface area contributed by atoms with Crippen molar-refractivity contribution in [2.75, 3.05) is 0 Å². The van der Waals surface area contributed by atoms with Crippen LogP contribution in [0.3, 0.4) is 0 Å². The summed E-state index contributed by atoms with van der Waals surface area (Å²) in [6, 6.07) is 10.0. The Bertz CT molecular complexity index is 397. The quantitative estimate of drug-likeness (QED) is 0.797. The van der Waals surface area contributed by atoms with Gasteiger partial charge in [-0.05, 0) is 12.1 Å². The molecular formula is C10H11N3O. The number of nitrogens with zero attached hydrogens (tertiary/aromatic N) is 2. The molecule has 0 saturated heterocycles. The normalized spacial score (nSPS) is 10.1. The molecular weight excluding hydrogens is 178 g/mol. The van der Waals surface area contributed by atoms with Gasteiger partial charge in [0.25, 0.3) is 0 Å². The van der Waals surface area contributed by atoms with E-state index in [1.165, 1.54) is 0 Å². The van der Waals surface area contributed by atoms with Gasteiger partial charge in [0.2, 0.25) is 0 Å². The van der Waals surface area contributed by atoms with Gasteiger partial charge in [-0.1, -0.05) is 18.2 Å². The first kappa shape index (κ1) is 8.77. The number of imidazole rings is 1. The maximum Gasteiger partial charge on any atom is 0.302 e. The summed E-state index contributed by atoms with van der Waals surface area (Å²) >= 11 is 0. The van der Waals surface area contributed by atoms with E-state index in [1.807, 2.05) is 30.3 Å². The van der Waals surface area contributed by atoms with E-state index in [0.717, 1.165) is 5.75 Å². The van der Waals surface area contributed by atoms with Crippen molar-refractivity contribution in [3.05, 3.63) is 42.7 Å². The predicted octanol–water partition coefficient (Wildman–Crippen LogP) is 1.59. The maximum absolute atomic E-state index is 5.51. The number of para-hydroxylation sites is 1. The molecule has 1 aromatic heterocycles. The van der Waals surface area contributed by atoms with Crippen LogP contribution < -0.4 is 10.5 Å². The fourth-order valence-corrected chi connectivity index (χ4v) is 1.13. The molecule has 4 heteroatoms.